The first kappa shape index (κ1) is 10.7. The minimum atomic E-state index is 0.281. The highest BCUT2D eigenvalue weighted by Gasteiger charge is 2.26. The van der Waals surface area contributed by atoms with Crippen LogP contribution in [0.15, 0.2) is 0 Å². The van der Waals surface area contributed by atoms with Gasteiger partial charge in [-0.15, -0.1) is 0 Å². The van der Waals surface area contributed by atoms with Gasteiger partial charge in [-0.05, 0) is 32.3 Å². The first-order valence-corrected chi connectivity index (χ1v) is 5.97. The molecule has 0 saturated carbocycles. The van der Waals surface area contributed by atoms with Crippen molar-refractivity contribution >= 4 is 22.4 Å². The van der Waals surface area contributed by atoms with Gasteiger partial charge in [0.15, 0.2) is 0 Å². The number of nitrogen functional groups attached to an aromatic ring is 1. The molecule has 2 heterocycles. The molecule has 1 aromatic rings. The van der Waals surface area contributed by atoms with E-state index in [1.165, 1.54) is 16.5 Å². The summed E-state index contributed by atoms with van der Waals surface area (Å²) in [5, 5.41) is 1.19. The van der Waals surface area contributed by atoms with Gasteiger partial charge in [-0.1, -0.05) is 0 Å². The molecule has 0 aromatic carbocycles. The Morgan fingerprint density at radius 3 is 2.87 bits per heavy atom. The molecule has 1 fully saturated rings. The lowest BCUT2D eigenvalue weighted by molar-refractivity contribution is 0.0346. The third kappa shape index (κ3) is 1.94. The molecular weight excluding hydrogens is 210 g/mol. The zero-order valence-corrected chi connectivity index (χ0v) is 10.2. The van der Waals surface area contributed by atoms with Crippen molar-refractivity contribution in [1.29, 1.82) is 0 Å². The topological polar surface area (TPSA) is 51.4 Å². The maximum atomic E-state index is 5.77. The molecule has 0 aliphatic carbocycles. The van der Waals surface area contributed by atoms with Crippen LogP contribution in [0.2, 0.25) is 0 Å². The third-order valence-corrected chi connectivity index (χ3v) is 3.81. The van der Waals surface area contributed by atoms with Gasteiger partial charge in [0.05, 0.1) is 18.8 Å². The van der Waals surface area contributed by atoms with Gasteiger partial charge in [-0.25, -0.2) is 0 Å². The predicted molar refractivity (Wildman–Crippen MR) is 63.5 cm³/mol. The van der Waals surface area contributed by atoms with E-state index in [2.05, 4.69) is 23.1 Å². The summed E-state index contributed by atoms with van der Waals surface area (Å²) in [5.41, 5.74) is 6.87. The Labute approximate surface area is 94.2 Å². The highest BCUT2D eigenvalue weighted by molar-refractivity contribution is 7.10. The standard InChI is InChI=1S/C10H17N3OS/c1-6-5-14-7(2)4-13(6)10-8(3)9(11)12-15-10/h6-7H,4-5H2,1-3H3,(H2,11,12). The molecule has 2 rings (SSSR count). The molecule has 4 nitrogen and oxygen atoms in total. The van der Waals surface area contributed by atoms with E-state index in [0.717, 1.165) is 18.7 Å². The summed E-state index contributed by atoms with van der Waals surface area (Å²) in [5.74, 6) is 0.654. The lowest BCUT2D eigenvalue weighted by Gasteiger charge is -2.37. The Kier molecular flexibility index (Phi) is 2.84. The van der Waals surface area contributed by atoms with Crippen molar-refractivity contribution < 1.29 is 4.74 Å². The van der Waals surface area contributed by atoms with Crippen LogP contribution in [0.5, 0.6) is 0 Å². The van der Waals surface area contributed by atoms with Crippen LogP contribution in [-0.4, -0.2) is 29.7 Å². The maximum absolute atomic E-state index is 5.77. The maximum Gasteiger partial charge on any atom is 0.142 e. The summed E-state index contributed by atoms with van der Waals surface area (Å²) in [7, 11) is 0. The van der Waals surface area contributed by atoms with E-state index in [1.807, 2.05) is 6.92 Å². The molecule has 1 aromatic heterocycles. The van der Waals surface area contributed by atoms with Gasteiger partial charge in [-0.2, -0.15) is 4.37 Å². The van der Waals surface area contributed by atoms with Gasteiger partial charge in [0, 0.05) is 12.1 Å². The number of aromatic nitrogens is 1. The zero-order valence-electron chi connectivity index (χ0n) is 9.36. The van der Waals surface area contributed by atoms with Crippen LogP contribution in [0.1, 0.15) is 19.4 Å². The molecule has 5 heteroatoms. The largest absolute Gasteiger partial charge is 0.383 e. The summed E-state index contributed by atoms with van der Waals surface area (Å²) >= 11 is 1.48. The van der Waals surface area contributed by atoms with E-state index in [1.54, 1.807) is 0 Å². The summed E-state index contributed by atoms with van der Waals surface area (Å²) < 4.78 is 9.79. The molecule has 1 aliphatic heterocycles. The molecule has 15 heavy (non-hydrogen) atoms. The highest BCUT2D eigenvalue weighted by atomic mass is 32.1. The molecule has 0 spiro atoms. The lowest BCUT2D eigenvalue weighted by Crippen LogP contribution is -2.47. The molecule has 2 N–H and O–H groups in total. The Bertz CT molecular complexity index is 352. The molecule has 2 atom stereocenters. The van der Waals surface area contributed by atoms with Gasteiger partial charge in [-0.3, -0.25) is 0 Å². The molecule has 84 valence electrons. The second-order valence-corrected chi connectivity index (χ2v) is 4.90. The van der Waals surface area contributed by atoms with Crippen LogP contribution >= 0.6 is 11.5 Å². The molecular formula is C10H17N3OS. The predicted octanol–water partition coefficient (Wildman–Crippen LogP) is 1.65. The lowest BCUT2D eigenvalue weighted by atomic mass is 10.2. The van der Waals surface area contributed by atoms with Crippen molar-refractivity contribution in [3.8, 4) is 0 Å². The number of hydrogen-bond donors (Lipinski definition) is 1. The van der Waals surface area contributed by atoms with Crippen LogP contribution < -0.4 is 10.6 Å². The Hall–Kier alpha value is -0.810. The van der Waals surface area contributed by atoms with E-state index >= 15 is 0 Å². The van der Waals surface area contributed by atoms with Gasteiger partial charge in [0.1, 0.15) is 10.8 Å². The number of rotatable bonds is 1. The van der Waals surface area contributed by atoms with Crippen LogP contribution in [-0.2, 0) is 4.74 Å². The number of hydrogen-bond acceptors (Lipinski definition) is 5. The highest BCUT2D eigenvalue weighted by Crippen LogP contribution is 2.32. The number of ether oxygens (including phenoxy) is 1. The van der Waals surface area contributed by atoms with Crippen LogP contribution in [0.4, 0.5) is 10.8 Å². The van der Waals surface area contributed by atoms with Crippen molar-refractivity contribution in [3.63, 3.8) is 0 Å². The minimum Gasteiger partial charge on any atom is -0.383 e. The number of morpholine rings is 1. The number of anilines is 2. The van der Waals surface area contributed by atoms with Gasteiger partial charge in [0.25, 0.3) is 0 Å². The molecule has 1 aliphatic rings. The van der Waals surface area contributed by atoms with E-state index in [0.29, 0.717) is 11.9 Å². The van der Waals surface area contributed by atoms with Crippen molar-refractivity contribution in [3.05, 3.63) is 5.56 Å². The minimum absolute atomic E-state index is 0.281. The van der Waals surface area contributed by atoms with E-state index < -0.39 is 0 Å². The molecule has 0 amide bonds. The Balaban J connectivity index is 2.25. The Morgan fingerprint density at radius 1 is 1.53 bits per heavy atom. The van der Waals surface area contributed by atoms with Crippen molar-refractivity contribution in [2.75, 3.05) is 23.8 Å². The van der Waals surface area contributed by atoms with Gasteiger partial charge < -0.3 is 15.4 Å². The third-order valence-electron chi connectivity index (χ3n) is 2.80. The average Bonchev–Trinajstić information content (AvgIpc) is 2.52. The summed E-state index contributed by atoms with van der Waals surface area (Å²) in [6.45, 7) is 7.99. The molecule has 1 saturated heterocycles. The first-order chi connectivity index (χ1) is 7.09. The summed E-state index contributed by atoms with van der Waals surface area (Å²) in [4.78, 5) is 2.34. The monoisotopic (exact) mass is 227 g/mol. The van der Waals surface area contributed by atoms with Crippen molar-refractivity contribution in [2.45, 2.75) is 32.9 Å². The number of nitrogens with two attached hydrogens (primary N) is 1. The number of nitrogens with zero attached hydrogens (tertiary/aromatic N) is 2. The van der Waals surface area contributed by atoms with Crippen molar-refractivity contribution in [1.82, 2.24) is 4.37 Å². The second kappa shape index (κ2) is 3.98. The van der Waals surface area contributed by atoms with Gasteiger partial charge >= 0.3 is 0 Å². The van der Waals surface area contributed by atoms with Crippen molar-refractivity contribution in [2.24, 2.45) is 0 Å². The zero-order chi connectivity index (χ0) is 11.0. The normalized spacial score (nSPS) is 27.0. The Morgan fingerprint density at radius 2 is 2.27 bits per heavy atom. The first-order valence-electron chi connectivity index (χ1n) is 5.19. The second-order valence-electron chi connectivity index (χ2n) is 4.14. The molecule has 2 unspecified atom stereocenters. The quantitative estimate of drug-likeness (QED) is 0.792. The van der Waals surface area contributed by atoms with E-state index in [-0.39, 0.29) is 6.10 Å². The average molecular weight is 227 g/mol. The SMILES string of the molecule is Cc1c(N)nsc1N1CC(C)OCC1C. The molecule has 0 bridgehead atoms. The fourth-order valence-electron chi connectivity index (χ4n) is 1.79. The molecule has 0 radical (unpaired) electrons. The van der Waals surface area contributed by atoms with Crippen LogP contribution in [0, 0.1) is 6.92 Å². The van der Waals surface area contributed by atoms with Crippen LogP contribution in [0.25, 0.3) is 0 Å². The van der Waals surface area contributed by atoms with E-state index in [9.17, 15) is 0 Å². The van der Waals surface area contributed by atoms with E-state index in [4.69, 9.17) is 10.5 Å². The fourth-order valence-corrected chi connectivity index (χ4v) is 2.72. The van der Waals surface area contributed by atoms with Crippen LogP contribution in [0.3, 0.4) is 0 Å². The summed E-state index contributed by atoms with van der Waals surface area (Å²) in [6, 6.07) is 0.403. The smallest absolute Gasteiger partial charge is 0.142 e. The van der Waals surface area contributed by atoms with Gasteiger partial charge in [0.2, 0.25) is 0 Å². The fraction of sp³-hybridized carbons (Fsp3) is 0.700. The summed E-state index contributed by atoms with van der Waals surface area (Å²) in [6.07, 6.45) is 0.281.